The Morgan fingerprint density at radius 1 is 1.29 bits per heavy atom. The zero-order valence-corrected chi connectivity index (χ0v) is 10.6. The second-order valence-corrected chi connectivity index (χ2v) is 4.88. The summed E-state index contributed by atoms with van der Waals surface area (Å²) >= 11 is 0. The average Bonchev–Trinajstić information content (AvgIpc) is 2.23. The van der Waals surface area contributed by atoms with E-state index in [0.717, 1.165) is 19.0 Å². The average molecular weight is 235 g/mol. The van der Waals surface area contributed by atoms with Gasteiger partial charge in [0, 0.05) is 11.8 Å². The fraction of sp³-hybridized carbons (Fsp3) is 0.571. The van der Waals surface area contributed by atoms with E-state index in [0.29, 0.717) is 18.4 Å². The molecule has 1 fully saturated rings. The van der Waals surface area contributed by atoms with Crippen molar-refractivity contribution in [2.45, 2.75) is 25.9 Å². The molecule has 1 aliphatic rings. The van der Waals surface area contributed by atoms with Gasteiger partial charge in [-0.05, 0) is 38.1 Å². The van der Waals surface area contributed by atoms with Crippen LogP contribution in [0.15, 0.2) is 24.3 Å². The summed E-state index contributed by atoms with van der Waals surface area (Å²) in [7, 11) is 0. The molecule has 94 valence electrons. The number of benzene rings is 1. The maximum atomic E-state index is 5.85. The topological polar surface area (TPSA) is 44.5 Å². The van der Waals surface area contributed by atoms with Crippen LogP contribution in [0.25, 0.3) is 0 Å². The summed E-state index contributed by atoms with van der Waals surface area (Å²) in [5.41, 5.74) is 7.14. The Bertz CT molecular complexity index is 344. The molecule has 0 saturated carbocycles. The molecule has 3 nitrogen and oxygen atoms in total. The van der Waals surface area contributed by atoms with Crippen molar-refractivity contribution < 1.29 is 9.47 Å². The molecule has 2 N–H and O–H groups in total. The molecular weight excluding hydrogens is 214 g/mol. The van der Waals surface area contributed by atoms with Crippen LogP contribution >= 0.6 is 0 Å². The Hall–Kier alpha value is -1.06. The summed E-state index contributed by atoms with van der Waals surface area (Å²) in [5, 5.41) is 0. The molecule has 1 heterocycles. The van der Waals surface area contributed by atoms with E-state index in [1.165, 1.54) is 5.56 Å². The predicted molar refractivity (Wildman–Crippen MR) is 68.3 cm³/mol. The van der Waals surface area contributed by atoms with Gasteiger partial charge in [0.25, 0.3) is 0 Å². The first-order valence-corrected chi connectivity index (χ1v) is 6.25. The zero-order valence-electron chi connectivity index (χ0n) is 10.6. The molecule has 1 aromatic rings. The SMILES string of the molecule is CC(C)Oc1ccc(C(CN)C2COC2)cc1. The fourth-order valence-electron chi connectivity index (χ4n) is 2.15. The van der Waals surface area contributed by atoms with Crippen molar-refractivity contribution in [2.24, 2.45) is 11.7 Å². The van der Waals surface area contributed by atoms with Crippen molar-refractivity contribution in [3.8, 4) is 5.75 Å². The van der Waals surface area contributed by atoms with Gasteiger partial charge in [-0.3, -0.25) is 0 Å². The van der Waals surface area contributed by atoms with Gasteiger partial charge in [-0.1, -0.05) is 12.1 Å². The summed E-state index contributed by atoms with van der Waals surface area (Å²) in [5.74, 6) is 1.91. The van der Waals surface area contributed by atoms with Gasteiger partial charge in [-0.15, -0.1) is 0 Å². The van der Waals surface area contributed by atoms with Gasteiger partial charge in [-0.25, -0.2) is 0 Å². The van der Waals surface area contributed by atoms with E-state index in [1.807, 2.05) is 26.0 Å². The van der Waals surface area contributed by atoms with Crippen LogP contribution in [-0.4, -0.2) is 25.9 Å². The third kappa shape index (κ3) is 2.99. The molecule has 1 aromatic carbocycles. The molecule has 17 heavy (non-hydrogen) atoms. The van der Waals surface area contributed by atoms with Crippen LogP contribution in [0.2, 0.25) is 0 Å². The molecule has 0 bridgehead atoms. The molecule has 2 rings (SSSR count). The third-order valence-corrected chi connectivity index (χ3v) is 3.17. The van der Waals surface area contributed by atoms with Crippen molar-refractivity contribution in [1.29, 1.82) is 0 Å². The first-order valence-electron chi connectivity index (χ1n) is 6.25. The Labute approximate surface area is 103 Å². The van der Waals surface area contributed by atoms with E-state index < -0.39 is 0 Å². The van der Waals surface area contributed by atoms with Crippen LogP contribution in [0.4, 0.5) is 0 Å². The highest BCUT2D eigenvalue weighted by Crippen LogP contribution is 2.30. The van der Waals surface area contributed by atoms with Crippen LogP contribution in [0.5, 0.6) is 5.75 Å². The van der Waals surface area contributed by atoms with Gasteiger partial charge < -0.3 is 15.2 Å². The minimum atomic E-state index is 0.214. The van der Waals surface area contributed by atoms with Crippen molar-refractivity contribution in [1.82, 2.24) is 0 Å². The molecule has 1 unspecified atom stereocenters. The van der Waals surface area contributed by atoms with Crippen LogP contribution < -0.4 is 10.5 Å². The molecule has 0 aliphatic carbocycles. The minimum Gasteiger partial charge on any atom is -0.491 e. The van der Waals surface area contributed by atoms with Crippen LogP contribution in [0, 0.1) is 5.92 Å². The third-order valence-electron chi connectivity index (χ3n) is 3.17. The van der Waals surface area contributed by atoms with E-state index >= 15 is 0 Å². The first kappa shape index (κ1) is 12.4. The van der Waals surface area contributed by atoms with Crippen LogP contribution in [0.3, 0.4) is 0 Å². The van der Waals surface area contributed by atoms with Gasteiger partial charge in [0.05, 0.1) is 19.3 Å². The maximum absolute atomic E-state index is 5.85. The van der Waals surface area contributed by atoms with Gasteiger partial charge in [0.1, 0.15) is 5.75 Å². The molecule has 3 heteroatoms. The first-order chi connectivity index (χ1) is 8.20. The van der Waals surface area contributed by atoms with E-state index in [4.69, 9.17) is 15.2 Å². The molecule has 1 aliphatic heterocycles. The normalized spacial score (nSPS) is 17.9. The molecule has 0 radical (unpaired) electrons. The summed E-state index contributed by atoms with van der Waals surface area (Å²) in [6, 6.07) is 8.29. The van der Waals surface area contributed by atoms with Crippen LogP contribution in [0.1, 0.15) is 25.3 Å². The minimum absolute atomic E-state index is 0.214. The standard InChI is InChI=1S/C14H21NO2/c1-10(2)17-13-5-3-11(4-6-13)14(7-15)12-8-16-9-12/h3-6,10,12,14H,7-9,15H2,1-2H3. The lowest BCUT2D eigenvalue weighted by Crippen LogP contribution is -2.36. The summed E-state index contributed by atoms with van der Waals surface area (Å²) in [6.45, 7) is 6.42. The lowest BCUT2D eigenvalue weighted by molar-refractivity contribution is -0.0437. The van der Waals surface area contributed by atoms with Crippen molar-refractivity contribution in [3.63, 3.8) is 0 Å². The number of ether oxygens (including phenoxy) is 2. The smallest absolute Gasteiger partial charge is 0.119 e. The largest absolute Gasteiger partial charge is 0.491 e. The number of hydrogen-bond donors (Lipinski definition) is 1. The van der Waals surface area contributed by atoms with E-state index in [2.05, 4.69) is 12.1 Å². The Kier molecular flexibility index (Phi) is 4.02. The van der Waals surface area contributed by atoms with E-state index in [-0.39, 0.29) is 6.10 Å². The molecule has 1 atom stereocenters. The highest BCUT2D eigenvalue weighted by Gasteiger charge is 2.28. The fourth-order valence-corrected chi connectivity index (χ4v) is 2.15. The Morgan fingerprint density at radius 3 is 2.35 bits per heavy atom. The molecule has 1 saturated heterocycles. The molecule has 0 spiro atoms. The van der Waals surface area contributed by atoms with E-state index in [9.17, 15) is 0 Å². The van der Waals surface area contributed by atoms with Crippen molar-refractivity contribution >= 4 is 0 Å². The highest BCUT2D eigenvalue weighted by atomic mass is 16.5. The second kappa shape index (κ2) is 5.52. The number of nitrogens with two attached hydrogens (primary N) is 1. The monoisotopic (exact) mass is 235 g/mol. The lowest BCUT2D eigenvalue weighted by atomic mass is 9.85. The summed E-state index contributed by atoms with van der Waals surface area (Å²) < 4.78 is 10.9. The van der Waals surface area contributed by atoms with Crippen LogP contribution in [-0.2, 0) is 4.74 Å². The molecule has 0 aromatic heterocycles. The summed E-state index contributed by atoms with van der Waals surface area (Å²) in [4.78, 5) is 0. The van der Waals surface area contributed by atoms with Gasteiger partial charge >= 0.3 is 0 Å². The molecule has 0 amide bonds. The van der Waals surface area contributed by atoms with Gasteiger partial charge in [0.15, 0.2) is 0 Å². The lowest BCUT2D eigenvalue weighted by Gasteiger charge is -2.33. The number of hydrogen-bond acceptors (Lipinski definition) is 3. The number of rotatable bonds is 5. The summed E-state index contributed by atoms with van der Waals surface area (Å²) in [6.07, 6.45) is 0.214. The quantitative estimate of drug-likeness (QED) is 0.850. The van der Waals surface area contributed by atoms with Crippen molar-refractivity contribution in [2.75, 3.05) is 19.8 Å². The zero-order chi connectivity index (χ0) is 12.3. The van der Waals surface area contributed by atoms with Gasteiger partial charge in [-0.2, -0.15) is 0 Å². The Morgan fingerprint density at radius 2 is 1.94 bits per heavy atom. The second-order valence-electron chi connectivity index (χ2n) is 4.88. The highest BCUT2D eigenvalue weighted by molar-refractivity contribution is 5.30. The van der Waals surface area contributed by atoms with Crippen molar-refractivity contribution in [3.05, 3.63) is 29.8 Å². The molecular formula is C14H21NO2. The predicted octanol–water partition coefficient (Wildman–Crippen LogP) is 2.16. The van der Waals surface area contributed by atoms with E-state index in [1.54, 1.807) is 0 Å². The van der Waals surface area contributed by atoms with Gasteiger partial charge in [0.2, 0.25) is 0 Å². The Balaban J connectivity index is 2.04. The maximum Gasteiger partial charge on any atom is 0.119 e.